The number of carbonyl (C=O) groups is 1. The molecule has 0 bridgehead atoms. The fourth-order valence-electron chi connectivity index (χ4n) is 3.13. The molecule has 1 aliphatic heterocycles. The largest absolute Gasteiger partial charge is 0.496 e. The van der Waals surface area contributed by atoms with Gasteiger partial charge in [-0.2, -0.15) is 0 Å². The van der Waals surface area contributed by atoms with Gasteiger partial charge in [0.1, 0.15) is 5.75 Å². The van der Waals surface area contributed by atoms with Crippen molar-refractivity contribution < 1.29 is 17.9 Å². The van der Waals surface area contributed by atoms with E-state index in [9.17, 15) is 13.2 Å². The zero-order valence-electron chi connectivity index (χ0n) is 15.3. The van der Waals surface area contributed by atoms with Crippen LogP contribution in [0.25, 0.3) is 0 Å². The van der Waals surface area contributed by atoms with Gasteiger partial charge in [-0.1, -0.05) is 0 Å². The van der Waals surface area contributed by atoms with Gasteiger partial charge < -0.3 is 9.64 Å². The minimum atomic E-state index is -3.49. The lowest BCUT2D eigenvalue weighted by molar-refractivity contribution is 0.0989. The second-order valence-corrected chi connectivity index (χ2v) is 8.62. The topological polar surface area (TPSA) is 66.9 Å². The molecule has 3 rings (SSSR count). The monoisotopic (exact) mass is 374 g/mol. The first-order valence-corrected chi connectivity index (χ1v) is 9.71. The van der Waals surface area contributed by atoms with E-state index in [4.69, 9.17) is 4.74 Å². The second kappa shape index (κ2) is 6.74. The fourth-order valence-corrected chi connectivity index (χ4v) is 4.08. The molecule has 138 valence electrons. The zero-order chi connectivity index (χ0) is 19.1. The van der Waals surface area contributed by atoms with Gasteiger partial charge >= 0.3 is 0 Å². The molecule has 1 amide bonds. The lowest BCUT2D eigenvalue weighted by Crippen LogP contribution is -2.29. The van der Waals surface area contributed by atoms with Gasteiger partial charge in [-0.15, -0.1) is 0 Å². The van der Waals surface area contributed by atoms with Crippen LogP contribution < -0.4 is 9.64 Å². The number of sulfonamides is 1. The van der Waals surface area contributed by atoms with Crippen molar-refractivity contribution in [2.45, 2.75) is 18.2 Å². The molecule has 0 spiro atoms. The minimum Gasteiger partial charge on any atom is -0.496 e. The molecule has 0 saturated carbocycles. The molecule has 0 N–H and O–H groups in total. The average molecular weight is 374 g/mol. The number of anilines is 1. The molecule has 2 aromatic carbocycles. The van der Waals surface area contributed by atoms with Crippen LogP contribution in [0.5, 0.6) is 5.75 Å². The highest BCUT2D eigenvalue weighted by atomic mass is 32.2. The van der Waals surface area contributed by atoms with Crippen LogP contribution in [0.15, 0.2) is 41.3 Å². The maximum Gasteiger partial charge on any atom is 0.258 e. The smallest absolute Gasteiger partial charge is 0.258 e. The Morgan fingerprint density at radius 2 is 1.88 bits per heavy atom. The van der Waals surface area contributed by atoms with Crippen molar-refractivity contribution in [3.63, 3.8) is 0 Å². The number of nitrogens with zero attached hydrogens (tertiary/aromatic N) is 2. The molecule has 0 fully saturated rings. The first-order chi connectivity index (χ1) is 12.3. The highest BCUT2D eigenvalue weighted by molar-refractivity contribution is 7.89. The molecule has 0 unspecified atom stereocenters. The normalized spacial score (nSPS) is 13.8. The van der Waals surface area contributed by atoms with Crippen LogP contribution >= 0.6 is 0 Å². The quantitative estimate of drug-likeness (QED) is 0.825. The number of fused-ring (bicyclic) bond motifs is 1. The lowest BCUT2D eigenvalue weighted by Gasteiger charge is -2.19. The number of amides is 1. The van der Waals surface area contributed by atoms with Crippen molar-refractivity contribution in [2.75, 3.05) is 32.6 Å². The molecule has 0 saturated heterocycles. The molecule has 26 heavy (non-hydrogen) atoms. The number of hydrogen-bond acceptors (Lipinski definition) is 4. The van der Waals surface area contributed by atoms with E-state index in [1.807, 2.05) is 13.0 Å². The van der Waals surface area contributed by atoms with Crippen molar-refractivity contribution in [3.05, 3.63) is 53.1 Å². The Balaban J connectivity index is 1.93. The van der Waals surface area contributed by atoms with Crippen molar-refractivity contribution in [1.82, 2.24) is 4.31 Å². The second-order valence-electron chi connectivity index (χ2n) is 6.47. The third-order valence-corrected chi connectivity index (χ3v) is 6.42. The van der Waals surface area contributed by atoms with Crippen molar-refractivity contribution >= 4 is 21.6 Å². The summed E-state index contributed by atoms with van der Waals surface area (Å²) < 4.78 is 31.0. The maximum absolute atomic E-state index is 12.9. The van der Waals surface area contributed by atoms with E-state index in [1.165, 1.54) is 18.4 Å². The van der Waals surface area contributed by atoms with E-state index in [1.54, 1.807) is 42.3 Å². The molecule has 6 nitrogen and oxygen atoms in total. The first-order valence-electron chi connectivity index (χ1n) is 8.27. The molecule has 1 aliphatic rings. The van der Waals surface area contributed by atoms with Gasteiger partial charge in [-0.25, -0.2) is 12.7 Å². The Kier molecular flexibility index (Phi) is 4.77. The number of rotatable bonds is 4. The van der Waals surface area contributed by atoms with Crippen LogP contribution in [0.3, 0.4) is 0 Å². The van der Waals surface area contributed by atoms with E-state index in [0.29, 0.717) is 18.5 Å². The molecule has 0 radical (unpaired) electrons. The highest BCUT2D eigenvalue weighted by Gasteiger charge is 2.28. The molecular formula is C19H22N2O4S. The van der Waals surface area contributed by atoms with Gasteiger partial charge in [0.25, 0.3) is 5.91 Å². The number of benzene rings is 2. The van der Waals surface area contributed by atoms with Crippen LogP contribution in [0.1, 0.15) is 21.5 Å². The van der Waals surface area contributed by atoms with Crippen LogP contribution in [-0.2, 0) is 16.4 Å². The van der Waals surface area contributed by atoms with Crippen molar-refractivity contribution in [1.29, 1.82) is 0 Å². The third-order valence-electron chi connectivity index (χ3n) is 4.61. The summed E-state index contributed by atoms with van der Waals surface area (Å²) in [7, 11) is 1.12. The molecular weight excluding hydrogens is 352 g/mol. The van der Waals surface area contributed by atoms with E-state index >= 15 is 0 Å². The van der Waals surface area contributed by atoms with Crippen LogP contribution in [0.4, 0.5) is 5.69 Å². The Labute approximate surface area is 154 Å². The summed E-state index contributed by atoms with van der Waals surface area (Å²) in [4.78, 5) is 14.9. The highest BCUT2D eigenvalue weighted by Crippen LogP contribution is 2.32. The Morgan fingerprint density at radius 1 is 1.15 bits per heavy atom. The van der Waals surface area contributed by atoms with Crippen LogP contribution in [0, 0.1) is 6.92 Å². The Hall–Kier alpha value is -2.38. The predicted molar refractivity (Wildman–Crippen MR) is 100 cm³/mol. The zero-order valence-corrected chi connectivity index (χ0v) is 16.1. The van der Waals surface area contributed by atoms with E-state index in [2.05, 4.69) is 0 Å². The Morgan fingerprint density at radius 3 is 2.50 bits per heavy atom. The third kappa shape index (κ3) is 3.08. The Bertz CT molecular complexity index is 967. The number of aryl methyl sites for hydroxylation is 1. The predicted octanol–water partition coefficient (Wildman–Crippen LogP) is 2.46. The average Bonchev–Trinajstić information content (AvgIpc) is 3.04. The summed E-state index contributed by atoms with van der Waals surface area (Å²) in [6.07, 6.45) is 0.632. The fraction of sp³-hybridized carbons (Fsp3) is 0.316. The molecule has 0 aliphatic carbocycles. The number of methoxy groups -OCH3 is 1. The molecule has 2 aromatic rings. The first kappa shape index (κ1) is 18.4. The van der Waals surface area contributed by atoms with Gasteiger partial charge in [0.15, 0.2) is 0 Å². The van der Waals surface area contributed by atoms with Gasteiger partial charge in [0, 0.05) is 31.9 Å². The summed E-state index contributed by atoms with van der Waals surface area (Å²) in [5.41, 5.74) is 3.11. The summed E-state index contributed by atoms with van der Waals surface area (Å²) in [6, 6.07) is 10.3. The standard InChI is InChI=1S/C19H22N2O4S/c1-13-11-15(5-8-18(13)25-4)19(22)21-10-9-14-12-16(6-7-17(14)21)26(23,24)20(2)3/h5-8,11-12H,9-10H2,1-4H3. The SMILES string of the molecule is COc1ccc(C(=O)N2CCc3cc(S(=O)(=O)N(C)C)ccc32)cc1C. The van der Waals surface area contributed by atoms with Gasteiger partial charge in [0.2, 0.25) is 10.0 Å². The lowest BCUT2D eigenvalue weighted by atomic mass is 10.1. The summed E-state index contributed by atoms with van der Waals surface area (Å²) in [6.45, 7) is 2.43. The van der Waals surface area contributed by atoms with E-state index < -0.39 is 10.0 Å². The number of carbonyl (C=O) groups excluding carboxylic acids is 1. The van der Waals surface area contributed by atoms with Crippen molar-refractivity contribution in [3.8, 4) is 5.75 Å². The van der Waals surface area contributed by atoms with E-state index in [0.717, 1.165) is 22.6 Å². The van der Waals surface area contributed by atoms with Crippen molar-refractivity contribution in [2.24, 2.45) is 0 Å². The van der Waals surface area contributed by atoms with Gasteiger partial charge in [-0.3, -0.25) is 4.79 Å². The van der Waals surface area contributed by atoms with Gasteiger partial charge in [0.05, 0.1) is 12.0 Å². The number of ether oxygens (including phenoxy) is 1. The summed E-state index contributed by atoms with van der Waals surface area (Å²) >= 11 is 0. The number of hydrogen-bond donors (Lipinski definition) is 0. The minimum absolute atomic E-state index is 0.0993. The molecule has 7 heteroatoms. The molecule has 0 atom stereocenters. The molecule has 0 aromatic heterocycles. The van der Waals surface area contributed by atoms with Crippen LogP contribution in [0.2, 0.25) is 0 Å². The van der Waals surface area contributed by atoms with Gasteiger partial charge in [-0.05, 0) is 60.9 Å². The van der Waals surface area contributed by atoms with Crippen LogP contribution in [-0.4, -0.2) is 46.4 Å². The van der Waals surface area contributed by atoms with E-state index in [-0.39, 0.29) is 10.8 Å². The summed E-state index contributed by atoms with van der Waals surface area (Å²) in [5, 5.41) is 0. The maximum atomic E-state index is 12.9. The molecule has 1 heterocycles. The summed E-state index contributed by atoms with van der Waals surface area (Å²) in [5.74, 6) is 0.639.